The first-order chi connectivity index (χ1) is 13.9. The van der Waals surface area contributed by atoms with E-state index in [-0.39, 0.29) is 11.8 Å². The highest BCUT2D eigenvalue weighted by Crippen LogP contribution is 2.18. The van der Waals surface area contributed by atoms with E-state index in [4.69, 9.17) is 11.6 Å². The Balaban J connectivity index is 2.33. The number of nitrogens with one attached hydrogen (secondary N) is 1. The van der Waals surface area contributed by atoms with Gasteiger partial charge in [-0.15, -0.1) is 0 Å². The highest BCUT2D eigenvalue weighted by atomic mass is 35.5. The summed E-state index contributed by atoms with van der Waals surface area (Å²) >= 11 is 6.01. The van der Waals surface area contributed by atoms with Crippen LogP contribution in [-0.4, -0.2) is 29.3 Å². The predicted molar refractivity (Wildman–Crippen MR) is 119 cm³/mol. The lowest BCUT2D eigenvalue weighted by atomic mass is 10.0. The fourth-order valence-electron chi connectivity index (χ4n) is 3.12. The van der Waals surface area contributed by atoms with Crippen molar-refractivity contribution in [2.24, 2.45) is 5.92 Å². The molecule has 0 aliphatic rings. The van der Waals surface area contributed by atoms with Crippen LogP contribution in [0.5, 0.6) is 0 Å². The van der Waals surface area contributed by atoms with E-state index in [9.17, 15) is 9.59 Å². The summed E-state index contributed by atoms with van der Waals surface area (Å²) in [7, 11) is 0. The van der Waals surface area contributed by atoms with Gasteiger partial charge in [0, 0.05) is 31.0 Å². The van der Waals surface area contributed by atoms with Crippen LogP contribution in [0.3, 0.4) is 0 Å². The maximum absolute atomic E-state index is 13.1. The Morgan fingerprint density at radius 2 is 1.66 bits per heavy atom. The van der Waals surface area contributed by atoms with Crippen LogP contribution >= 0.6 is 11.6 Å². The largest absolute Gasteiger partial charge is 0.354 e. The van der Waals surface area contributed by atoms with Crippen LogP contribution in [0.15, 0.2) is 54.6 Å². The van der Waals surface area contributed by atoms with E-state index >= 15 is 0 Å². The highest BCUT2D eigenvalue weighted by molar-refractivity contribution is 6.30. The smallest absolute Gasteiger partial charge is 0.243 e. The van der Waals surface area contributed by atoms with Crippen LogP contribution in [0.2, 0.25) is 5.02 Å². The average Bonchev–Trinajstić information content (AvgIpc) is 2.71. The van der Waals surface area contributed by atoms with Gasteiger partial charge in [0.2, 0.25) is 11.8 Å². The van der Waals surface area contributed by atoms with Gasteiger partial charge in [0.25, 0.3) is 0 Å². The van der Waals surface area contributed by atoms with Crippen molar-refractivity contribution in [3.05, 3.63) is 70.7 Å². The molecule has 0 aliphatic heterocycles. The molecule has 0 bridgehead atoms. The molecule has 2 aromatic rings. The second-order valence-electron chi connectivity index (χ2n) is 7.74. The Kier molecular flexibility index (Phi) is 9.20. The van der Waals surface area contributed by atoms with Crippen LogP contribution in [0.1, 0.15) is 44.7 Å². The van der Waals surface area contributed by atoms with Gasteiger partial charge in [-0.05, 0) is 35.6 Å². The van der Waals surface area contributed by atoms with E-state index in [1.54, 1.807) is 4.90 Å². The van der Waals surface area contributed by atoms with Crippen molar-refractivity contribution in [2.75, 3.05) is 6.54 Å². The van der Waals surface area contributed by atoms with Gasteiger partial charge >= 0.3 is 0 Å². The second kappa shape index (κ2) is 11.6. The van der Waals surface area contributed by atoms with Crippen molar-refractivity contribution < 1.29 is 9.59 Å². The molecule has 5 heteroatoms. The zero-order valence-electron chi connectivity index (χ0n) is 17.5. The van der Waals surface area contributed by atoms with E-state index in [2.05, 4.69) is 19.2 Å². The van der Waals surface area contributed by atoms with Crippen molar-refractivity contribution >= 4 is 23.4 Å². The fourth-order valence-corrected chi connectivity index (χ4v) is 3.25. The fraction of sp³-hybridized carbons (Fsp3) is 0.417. The van der Waals surface area contributed by atoms with Gasteiger partial charge in [-0.3, -0.25) is 9.59 Å². The monoisotopic (exact) mass is 414 g/mol. The predicted octanol–water partition coefficient (Wildman–Crippen LogP) is 4.85. The molecule has 1 atom stereocenters. The lowest BCUT2D eigenvalue weighted by molar-refractivity contribution is -0.141. The highest BCUT2D eigenvalue weighted by Gasteiger charge is 2.29. The molecule has 0 spiro atoms. The molecule has 0 fully saturated rings. The van der Waals surface area contributed by atoms with Gasteiger partial charge < -0.3 is 10.2 Å². The summed E-state index contributed by atoms with van der Waals surface area (Å²) in [5, 5.41) is 3.67. The number of carbonyl (C=O) groups excluding carboxylic acids is 2. The van der Waals surface area contributed by atoms with Crippen molar-refractivity contribution in [3.63, 3.8) is 0 Å². The molecule has 2 amide bonds. The zero-order chi connectivity index (χ0) is 21.2. The molecule has 2 aromatic carbocycles. The third-order valence-electron chi connectivity index (χ3n) is 4.69. The number of nitrogens with zero attached hydrogens (tertiary/aromatic N) is 1. The molecule has 156 valence electrons. The first-order valence-electron chi connectivity index (χ1n) is 10.3. The quantitative estimate of drug-likeness (QED) is 0.604. The van der Waals surface area contributed by atoms with Crippen molar-refractivity contribution in [1.82, 2.24) is 10.2 Å². The summed E-state index contributed by atoms with van der Waals surface area (Å²) in [6.07, 6.45) is 1.63. The van der Waals surface area contributed by atoms with Crippen LogP contribution in [0.4, 0.5) is 0 Å². The molecule has 0 saturated carbocycles. The minimum Gasteiger partial charge on any atom is -0.354 e. The molecule has 29 heavy (non-hydrogen) atoms. The van der Waals surface area contributed by atoms with Crippen molar-refractivity contribution in [2.45, 2.75) is 52.6 Å². The molecule has 0 aliphatic carbocycles. The molecular weight excluding hydrogens is 384 g/mol. The van der Waals surface area contributed by atoms with E-state index in [1.807, 2.05) is 61.5 Å². The van der Waals surface area contributed by atoms with E-state index < -0.39 is 6.04 Å². The standard InChI is InChI=1S/C24H31ClN2O2/c1-4-8-23(28)27(17-20-11-13-21(25)14-12-20)22(24(29)26-16-18(2)3)15-19-9-6-5-7-10-19/h5-7,9-14,18,22H,4,8,15-17H2,1-3H3,(H,26,29). The summed E-state index contributed by atoms with van der Waals surface area (Å²) in [4.78, 5) is 27.8. The van der Waals surface area contributed by atoms with Crippen LogP contribution in [0.25, 0.3) is 0 Å². The summed E-state index contributed by atoms with van der Waals surface area (Å²) in [5.41, 5.74) is 1.98. The molecule has 2 rings (SSSR count). The first kappa shape index (κ1) is 23.0. The number of amides is 2. The van der Waals surface area contributed by atoms with E-state index in [0.717, 1.165) is 17.5 Å². The Bertz CT molecular complexity index is 775. The lowest BCUT2D eigenvalue weighted by Crippen LogP contribution is -2.51. The normalized spacial score (nSPS) is 11.9. The van der Waals surface area contributed by atoms with Gasteiger partial charge in [-0.1, -0.05) is 74.8 Å². The van der Waals surface area contributed by atoms with E-state index in [0.29, 0.717) is 36.9 Å². The Hall–Kier alpha value is -2.33. The number of hydrogen-bond acceptors (Lipinski definition) is 2. The molecule has 0 heterocycles. The summed E-state index contributed by atoms with van der Waals surface area (Å²) in [6.45, 7) is 7.05. The van der Waals surface area contributed by atoms with Crippen molar-refractivity contribution in [3.8, 4) is 0 Å². The summed E-state index contributed by atoms with van der Waals surface area (Å²) < 4.78 is 0. The van der Waals surface area contributed by atoms with E-state index in [1.165, 1.54) is 0 Å². The third-order valence-corrected chi connectivity index (χ3v) is 4.94. The average molecular weight is 415 g/mol. The first-order valence-corrected chi connectivity index (χ1v) is 10.6. The Morgan fingerprint density at radius 3 is 2.24 bits per heavy atom. The second-order valence-corrected chi connectivity index (χ2v) is 8.18. The molecular formula is C24H31ClN2O2. The van der Waals surface area contributed by atoms with Crippen LogP contribution in [-0.2, 0) is 22.6 Å². The molecule has 4 nitrogen and oxygen atoms in total. The molecule has 1 unspecified atom stereocenters. The molecule has 0 radical (unpaired) electrons. The minimum atomic E-state index is -0.564. The van der Waals surface area contributed by atoms with Gasteiger partial charge in [0.05, 0.1) is 0 Å². The Labute approximate surface area is 179 Å². The number of benzene rings is 2. The van der Waals surface area contributed by atoms with Gasteiger partial charge in [-0.2, -0.15) is 0 Å². The number of rotatable bonds is 10. The van der Waals surface area contributed by atoms with Gasteiger partial charge in [0.15, 0.2) is 0 Å². The Morgan fingerprint density at radius 1 is 1.00 bits per heavy atom. The number of halogens is 1. The molecule has 0 aromatic heterocycles. The third kappa shape index (κ3) is 7.54. The maximum Gasteiger partial charge on any atom is 0.243 e. The van der Waals surface area contributed by atoms with Crippen LogP contribution in [0, 0.1) is 5.92 Å². The zero-order valence-corrected chi connectivity index (χ0v) is 18.3. The van der Waals surface area contributed by atoms with Crippen LogP contribution < -0.4 is 5.32 Å². The summed E-state index contributed by atoms with van der Waals surface area (Å²) in [6, 6.07) is 16.7. The minimum absolute atomic E-state index is 0.0110. The lowest BCUT2D eigenvalue weighted by Gasteiger charge is -2.32. The topological polar surface area (TPSA) is 49.4 Å². The summed E-state index contributed by atoms with van der Waals surface area (Å²) in [5.74, 6) is 0.219. The maximum atomic E-state index is 13.1. The number of carbonyl (C=O) groups is 2. The SMILES string of the molecule is CCCC(=O)N(Cc1ccc(Cl)cc1)C(Cc1ccccc1)C(=O)NCC(C)C. The van der Waals surface area contributed by atoms with Gasteiger partial charge in [-0.25, -0.2) is 0 Å². The van der Waals surface area contributed by atoms with Gasteiger partial charge in [0.1, 0.15) is 6.04 Å². The molecule has 1 N–H and O–H groups in total. The van der Waals surface area contributed by atoms with Crippen molar-refractivity contribution in [1.29, 1.82) is 0 Å². The number of hydrogen-bond donors (Lipinski definition) is 1. The molecule has 0 saturated heterocycles.